The van der Waals surface area contributed by atoms with E-state index in [9.17, 15) is 0 Å². The molecule has 0 spiro atoms. The molecule has 0 fully saturated rings. The van der Waals surface area contributed by atoms with E-state index in [-0.39, 0.29) is 0 Å². The molecule has 2 aliphatic heterocycles. The summed E-state index contributed by atoms with van der Waals surface area (Å²) in [4.78, 5) is 1.19. The first kappa shape index (κ1) is 16.2. The van der Waals surface area contributed by atoms with Crippen LogP contribution in [0.2, 0.25) is 0 Å². The quantitative estimate of drug-likeness (QED) is 0.337. The highest BCUT2D eigenvalue weighted by Crippen LogP contribution is 2.39. The SMILES string of the molecule is C1=CSC2=Cc3ccccc3OC2=C1.c1ccc2c(c1)Cc1ccccc1-2. The van der Waals surface area contributed by atoms with E-state index >= 15 is 0 Å². The molecule has 1 aliphatic carbocycles. The van der Waals surface area contributed by atoms with Crippen molar-refractivity contribution in [3.8, 4) is 16.9 Å². The Morgan fingerprint density at radius 1 is 0.741 bits per heavy atom. The molecular weight excluding hydrogens is 348 g/mol. The van der Waals surface area contributed by atoms with Crippen LogP contribution in [0.3, 0.4) is 0 Å². The van der Waals surface area contributed by atoms with Crippen LogP contribution in [0.5, 0.6) is 5.75 Å². The fourth-order valence-electron chi connectivity index (χ4n) is 3.60. The summed E-state index contributed by atoms with van der Waals surface area (Å²) < 4.78 is 5.76. The van der Waals surface area contributed by atoms with Crippen LogP contribution in [0.25, 0.3) is 17.2 Å². The van der Waals surface area contributed by atoms with Gasteiger partial charge in [-0.1, -0.05) is 84.6 Å². The molecule has 3 aromatic carbocycles. The van der Waals surface area contributed by atoms with Gasteiger partial charge in [-0.05, 0) is 52.3 Å². The zero-order valence-corrected chi connectivity index (χ0v) is 15.6. The van der Waals surface area contributed by atoms with Crippen molar-refractivity contribution in [2.75, 3.05) is 0 Å². The molecule has 0 radical (unpaired) electrons. The summed E-state index contributed by atoms with van der Waals surface area (Å²) in [6.45, 7) is 0. The second-order valence-electron chi connectivity index (χ2n) is 6.62. The molecular formula is C25H18OS. The van der Waals surface area contributed by atoms with Crippen LogP contribution in [0.4, 0.5) is 0 Å². The van der Waals surface area contributed by atoms with Gasteiger partial charge in [0.15, 0.2) is 0 Å². The Kier molecular flexibility index (Phi) is 4.19. The van der Waals surface area contributed by atoms with Crippen molar-refractivity contribution in [2.24, 2.45) is 0 Å². The van der Waals surface area contributed by atoms with Crippen molar-refractivity contribution in [1.82, 2.24) is 0 Å². The minimum absolute atomic E-state index is 0.943. The number of rotatable bonds is 0. The van der Waals surface area contributed by atoms with Gasteiger partial charge >= 0.3 is 0 Å². The van der Waals surface area contributed by atoms with Crippen molar-refractivity contribution in [2.45, 2.75) is 6.42 Å². The number of fused-ring (bicyclic) bond motifs is 5. The number of thioether (sulfide) groups is 1. The lowest BCUT2D eigenvalue weighted by Gasteiger charge is -2.20. The van der Waals surface area contributed by atoms with Gasteiger partial charge in [0.05, 0.1) is 4.91 Å². The third-order valence-electron chi connectivity index (χ3n) is 4.90. The fraction of sp³-hybridized carbons (Fsp3) is 0.0400. The van der Waals surface area contributed by atoms with E-state index in [4.69, 9.17) is 4.74 Å². The Morgan fingerprint density at radius 2 is 1.41 bits per heavy atom. The molecule has 130 valence electrons. The molecule has 0 N–H and O–H groups in total. The third-order valence-corrected chi connectivity index (χ3v) is 5.76. The van der Waals surface area contributed by atoms with Crippen LogP contribution < -0.4 is 4.74 Å². The summed E-state index contributed by atoms with van der Waals surface area (Å²) in [5, 5.41) is 2.06. The third kappa shape index (κ3) is 3.13. The second-order valence-corrected chi connectivity index (χ2v) is 7.56. The van der Waals surface area contributed by atoms with Gasteiger partial charge < -0.3 is 4.74 Å². The predicted molar refractivity (Wildman–Crippen MR) is 115 cm³/mol. The van der Waals surface area contributed by atoms with Crippen molar-refractivity contribution in [3.63, 3.8) is 0 Å². The summed E-state index contributed by atoms with van der Waals surface area (Å²) in [6.07, 6.45) is 7.27. The lowest BCUT2D eigenvalue weighted by atomic mass is 10.1. The molecule has 0 bridgehead atoms. The first-order valence-corrected chi connectivity index (χ1v) is 9.95. The Labute approximate surface area is 163 Å². The minimum Gasteiger partial charge on any atom is -0.456 e. The van der Waals surface area contributed by atoms with E-state index in [1.807, 2.05) is 30.4 Å². The van der Waals surface area contributed by atoms with Gasteiger partial charge in [-0.3, -0.25) is 0 Å². The van der Waals surface area contributed by atoms with E-state index in [2.05, 4.69) is 66.1 Å². The number of benzene rings is 3. The molecule has 0 saturated heterocycles. The van der Waals surface area contributed by atoms with Gasteiger partial charge in [-0.25, -0.2) is 0 Å². The van der Waals surface area contributed by atoms with Gasteiger partial charge in [0.25, 0.3) is 0 Å². The summed E-state index contributed by atoms with van der Waals surface area (Å²) in [5.74, 6) is 1.90. The van der Waals surface area contributed by atoms with Crippen LogP contribution in [-0.2, 0) is 6.42 Å². The zero-order valence-electron chi connectivity index (χ0n) is 14.8. The highest BCUT2D eigenvalue weighted by atomic mass is 32.2. The zero-order chi connectivity index (χ0) is 18.1. The summed E-state index contributed by atoms with van der Waals surface area (Å²) in [5.41, 5.74) is 6.91. The minimum atomic E-state index is 0.943. The van der Waals surface area contributed by atoms with Gasteiger partial charge in [-0.2, -0.15) is 0 Å². The molecule has 3 aromatic rings. The Bertz CT molecular complexity index is 1060. The predicted octanol–water partition coefficient (Wildman–Crippen LogP) is 6.82. The van der Waals surface area contributed by atoms with Crippen molar-refractivity contribution in [3.05, 3.63) is 118 Å². The smallest absolute Gasteiger partial charge is 0.141 e. The normalized spacial score (nSPS) is 15.0. The maximum Gasteiger partial charge on any atom is 0.141 e. The molecule has 27 heavy (non-hydrogen) atoms. The van der Waals surface area contributed by atoms with E-state index < -0.39 is 0 Å². The molecule has 0 aromatic heterocycles. The largest absolute Gasteiger partial charge is 0.456 e. The molecule has 6 rings (SSSR count). The Hall–Kier alpha value is -2.97. The molecule has 0 amide bonds. The van der Waals surface area contributed by atoms with Gasteiger partial charge in [0, 0.05) is 5.56 Å². The number of hydrogen-bond acceptors (Lipinski definition) is 2. The number of hydrogen-bond donors (Lipinski definition) is 0. The lowest BCUT2D eigenvalue weighted by molar-refractivity contribution is 0.437. The molecule has 0 saturated carbocycles. The average Bonchev–Trinajstić information content (AvgIpc) is 3.11. The monoisotopic (exact) mass is 366 g/mol. The van der Waals surface area contributed by atoms with E-state index in [0.29, 0.717) is 0 Å². The van der Waals surface area contributed by atoms with E-state index in [0.717, 1.165) is 23.5 Å². The van der Waals surface area contributed by atoms with Crippen LogP contribution in [0, 0.1) is 0 Å². The van der Waals surface area contributed by atoms with Crippen molar-refractivity contribution >= 4 is 17.8 Å². The molecule has 0 atom stereocenters. The summed E-state index contributed by atoms with van der Waals surface area (Å²) >= 11 is 1.70. The molecule has 2 heterocycles. The van der Waals surface area contributed by atoms with Gasteiger partial charge in [0.1, 0.15) is 11.5 Å². The standard InChI is InChI=1S/C13H10.C12H8OS/c1-3-7-12-10(5-1)9-11-6-2-4-8-13(11)12;1-2-5-10-9(4-1)8-12-11(13-10)6-3-7-14-12/h1-8H,9H2;1-8H. The maximum absolute atomic E-state index is 5.76. The van der Waals surface area contributed by atoms with Crippen LogP contribution in [0.1, 0.15) is 16.7 Å². The maximum atomic E-state index is 5.76. The van der Waals surface area contributed by atoms with Gasteiger partial charge in [0.2, 0.25) is 0 Å². The summed E-state index contributed by atoms with van der Waals surface area (Å²) in [7, 11) is 0. The highest BCUT2D eigenvalue weighted by Gasteiger charge is 2.17. The fourth-order valence-corrected chi connectivity index (χ4v) is 4.33. The van der Waals surface area contributed by atoms with Crippen LogP contribution >= 0.6 is 11.8 Å². The van der Waals surface area contributed by atoms with Crippen LogP contribution in [0.15, 0.2) is 101 Å². The molecule has 2 heteroatoms. The van der Waals surface area contributed by atoms with E-state index in [1.165, 1.54) is 27.2 Å². The highest BCUT2D eigenvalue weighted by molar-refractivity contribution is 8.06. The second kappa shape index (κ2) is 6.98. The summed E-state index contributed by atoms with van der Waals surface area (Å²) in [6, 6.07) is 25.4. The first-order valence-electron chi connectivity index (χ1n) is 9.07. The molecule has 1 nitrogen and oxygen atoms in total. The van der Waals surface area contributed by atoms with Crippen molar-refractivity contribution in [1.29, 1.82) is 0 Å². The molecule has 0 unspecified atom stereocenters. The topological polar surface area (TPSA) is 9.23 Å². The number of para-hydroxylation sites is 1. The average molecular weight is 366 g/mol. The first-order chi connectivity index (χ1) is 13.4. The Morgan fingerprint density at radius 3 is 2.19 bits per heavy atom. The van der Waals surface area contributed by atoms with E-state index in [1.54, 1.807) is 11.8 Å². The van der Waals surface area contributed by atoms with Crippen LogP contribution in [-0.4, -0.2) is 0 Å². The number of allylic oxidation sites excluding steroid dienone is 2. The van der Waals surface area contributed by atoms with Gasteiger partial charge in [-0.15, -0.1) is 0 Å². The van der Waals surface area contributed by atoms with Crippen molar-refractivity contribution < 1.29 is 4.74 Å². The number of ether oxygens (including phenoxy) is 1. The Balaban J connectivity index is 0.000000119. The molecule has 3 aliphatic rings. The lowest BCUT2D eigenvalue weighted by Crippen LogP contribution is -2.04.